The van der Waals surface area contributed by atoms with Gasteiger partial charge in [-0.25, -0.2) is 4.99 Å². The maximum atomic E-state index is 5.70. The van der Waals surface area contributed by atoms with Gasteiger partial charge in [0, 0.05) is 25.7 Å². The van der Waals surface area contributed by atoms with E-state index in [4.69, 9.17) is 15.1 Å². The summed E-state index contributed by atoms with van der Waals surface area (Å²) in [6, 6.07) is 11.1. The maximum absolute atomic E-state index is 5.70. The number of nitrogens with one attached hydrogen (secondary N) is 2. The number of nitrogens with two attached hydrogens (primary N) is 1. The molecular weight excluding hydrogens is 352 g/mol. The van der Waals surface area contributed by atoms with E-state index in [1.165, 1.54) is 0 Å². The molecule has 0 radical (unpaired) electrons. The molecule has 1 fully saturated rings. The second kappa shape index (κ2) is 6.53. The van der Waals surface area contributed by atoms with Gasteiger partial charge in [-0.15, -0.1) is 0 Å². The number of benzene rings is 2. The van der Waals surface area contributed by atoms with E-state index < -0.39 is 0 Å². The van der Waals surface area contributed by atoms with Crippen molar-refractivity contribution in [3.05, 3.63) is 35.9 Å². The molecule has 2 aliphatic rings. The summed E-state index contributed by atoms with van der Waals surface area (Å²) in [7, 11) is 0. The lowest BCUT2D eigenvalue weighted by Gasteiger charge is -2.35. The average Bonchev–Trinajstić information content (AvgIpc) is 3.05. The zero-order valence-electron chi connectivity index (χ0n) is 16.1. The number of hydrogen-bond acceptors (Lipinski definition) is 7. The molecule has 144 valence electrons. The number of amidine groups is 1. The SMILES string of the molecule is Cc1cc2oc(N)nc2cc1-c1ccc2c(c1)N=C(N1CCN[C@@H](C)C1)CN2. The van der Waals surface area contributed by atoms with Crippen LogP contribution >= 0.6 is 0 Å². The molecule has 0 spiro atoms. The molecule has 7 nitrogen and oxygen atoms in total. The Morgan fingerprint density at radius 1 is 1.25 bits per heavy atom. The molecule has 1 atom stereocenters. The molecule has 1 aromatic heterocycles. The van der Waals surface area contributed by atoms with E-state index in [1.54, 1.807) is 0 Å². The van der Waals surface area contributed by atoms with Crippen molar-refractivity contribution >= 4 is 34.3 Å². The van der Waals surface area contributed by atoms with E-state index >= 15 is 0 Å². The molecule has 28 heavy (non-hydrogen) atoms. The van der Waals surface area contributed by atoms with Gasteiger partial charge in [-0.3, -0.25) is 0 Å². The van der Waals surface area contributed by atoms with Gasteiger partial charge in [-0.2, -0.15) is 4.98 Å². The number of anilines is 2. The van der Waals surface area contributed by atoms with Crippen molar-refractivity contribution in [1.29, 1.82) is 0 Å². The molecule has 7 heteroatoms. The van der Waals surface area contributed by atoms with E-state index in [0.29, 0.717) is 11.6 Å². The van der Waals surface area contributed by atoms with Gasteiger partial charge in [-0.1, -0.05) is 6.07 Å². The van der Waals surface area contributed by atoms with Crippen molar-refractivity contribution in [3.63, 3.8) is 0 Å². The molecule has 2 aromatic carbocycles. The number of hydrogen-bond donors (Lipinski definition) is 3. The first kappa shape index (κ1) is 17.1. The Hall–Kier alpha value is -3.06. The van der Waals surface area contributed by atoms with Crippen molar-refractivity contribution in [1.82, 2.24) is 15.2 Å². The fraction of sp³-hybridized carbons (Fsp3) is 0.333. The van der Waals surface area contributed by atoms with Crippen LogP contribution in [0.5, 0.6) is 0 Å². The second-order valence-electron chi connectivity index (χ2n) is 7.60. The van der Waals surface area contributed by atoms with Gasteiger partial charge in [0.05, 0.1) is 17.9 Å². The predicted molar refractivity (Wildman–Crippen MR) is 113 cm³/mol. The van der Waals surface area contributed by atoms with E-state index in [2.05, 4.69) is 52.6 Å². The fourth-order valence-corrected chi connectivity index (χ4v) is 4.05. The lowest BCUT2D eigenvalue weighted by Crippen LogP contribution is -2.52. The van der Waals surface area contributed by atoms with Gasteiger partial charge >= 0.3 is 0 Å². The summed E-state index contributed by atoms with van der Waals surface area (Å²) in [5, 5.41) is 7.00. The zero-order chi connectivity index (χ0) is 19.3. The van der Waals surface area contributed by atoms with Crippen molar-refractivity contribution in [2.45, 2.75) is 19.9 Å². The minimum atomic E-state index is 0.195. The highest BCUT2D eigenvalue weighted by Crippen LogP contribution is 2.36. The summed E-state index contributed by atoms with van der Waals surface area (Å²) < 4.78 is 5.44. The van der Waals surface area contributed by atoms with Gasteiger partial charge in [-0.05, 0) is 54.8 Å². The Morgan fingerprint density at radius 2 is 2.14 bits per heavy atom. The van der Waals surface area contributed by atoms with Crippen LogP contribution in [0.3, 0.4) is 0 Å². The lowest BCUT2D eigenvalue weighted by atomic mass is 9.98. The quantitative estimate of drug-likeness (QED) is 0.604. The molecule has 3 aromatic rings. The van der Waals surface area contributed by atoms with Crippen LogP contribution in [0, 0.1) is 6.92 Å². The summed E-state index contributed by atoms with van der Waals surface area (Å²) >= 11 is 0. The first-order valence-corrected chi connectivity index (χ1v) is 9.68. The van der Waals surface area contributed by atoms with Crippen LogP contribution in [0.25, 0.3) is 22.2 Å². The molecule has 2 aliphatic heterocycles. The van der Waals surface area contributed by atoms with Crippen molar-refractivity contribution in [2.24, 2.45) is 4.99 Å². The van der Waals surface area contributed by atoms with Gasteiger partial charge in [0.15, 0.2) is 5.58 Å². The summed E-state index contributed by atoms with van der Waals surface area (Å²) in [5.41, 5.74) is 12.6. The van der Waals surface area contributed by atoms with Crippen LogP contribution in [0.4, 0.5) is 17.4 Å². The number of aliphatic imine (C=N–C) groups is 1. The molecule has 0 aliphatic carbocycles. The Kier molecular flexibility index (Phi) is 3.98. The smallest absolute Gasteiger partial charge is 0.292 e. The summed E-state index contributed by atoms with van der Waals surface area (Å²) in [4.78, 5) is 11.6. The van der Waals surface area contributed by atoms with Crippen molar-refractivity contribution in [2.75, 3.05) is 37.2 Å². The fourth-order valence-electron chi connectivity index (χ4n) is 4.05. The predicted octanol–water partition coefficient (Wildman–Crippen LogP) is 3.13. The molecule has 4 N–H and O–H groups in total. The van der Waals surface area contributed by atoms with Crippen LogP contribution in [0.1, 0.15) is 12.5 Å². The van der Waals surface area contributed by atoms with E-state index in [0.717, 1.165) is 65.6 Å². The standard InChI is InChI=1S/C21H24N6O/c1-12-7-19-18(26-21(22)28-19)9-15(12)14-3-4-16-17(8-14)25-20(10-24-16)27-6-5-23-13(2)11-27/h3-4,7-9,13,23-24H,5-6,10-11H2,1-2H3,(H2,22,26)/t13-/m0/s1. The number of rotatable bonds is 1. The molecule has 1 saturated heterocycles. The summed E-state index contributed by atoms with van der Waals surface area (Å²) in [5.74, 6) is 1.11. The highest BCUT2D eigenvalue weighted by atomic mass is 16.4. The lowest BCUT2D eigenvalue weighted by molar-refractivity contribution is 0.301. The summed E-state index contributed by atoms with van der Waals surface area (Å²) in [6.07, 6.45) is 0. The van der Waals surface area contributed by atoms with Crippen LogP contribution in [0.2, 0.25) is 0 Å². The first-order chi connectivity index (χ1) is 13.6. The zero-order valence-corrected chi connectivity index (χ0v) is 16.1. The van der Waals surface area contributed by atoms with E-state index in [-0.39, 0.29) is 6.01 Å². The van der Waals surface area contributed by atoms with Crippen LogP contribution in [-0.2, 0) is 0 Å². The molecule has 0 unspecified atom stereocenters. The van der Waals surface area contributed by atoms with Gasteiger partial charge in [0.2, 0.25) is 0 Å². The number of nitrogen functional groups attached to an aromatic ring is 1. The minimum Gasteiger partial charge on any atom is -0.424 e. The van der Waals surface area contributed by atoms with E-state index in [9.17, 15) is 0 Å². The largest absolute Gasteiger partial charge is 0.424 e. The third kappa shape index (κ3) is 2.97. The molecule has 0 amide bonds. The average molecular weight is 376 g/mol. The van der Waals surface area contributed by atoms with Gasteiger partial charge in [0.1, 0.15) is 11.4 Å². The molecular formula is C21H24N6O. The van der Waals surface area contributed by atoms with Crippen LogP contribution < -0.4 is 16.4 Å². The number of piperazine rings is 1. The minimum absolute atomic E-state index is 0.195. The Balaban J connectivity index is 1.53. The van der Waals surface area contributed by atoms with Gasteiger partial charge in [0.25, 0.3) is 6.01 Å². The number of aromatic nitrogens is 1. The highest BCUT2D eigenvalue weighted by Gasteiger charge is 2.22. The number of nitrogens with zero attached hydrogens (tertiary/aromatic N) is 3. The molecule has 5 rings (SSSR count). The first-order valence-electron chi connectivity index (χ1n) is 9.68. The maximum Gasteiger partial charge on any atom is 0.292 e. The Labute approximate surface area is 163 Å². The third-order valence-electron chi connectivity index (χ3n) is 5.48. The van der Waals surface area contributed by atoms with Crippen molar-refractivity contribution in [3.8, 4) is 11.1 Å². The van der Waals surface area contributed by atoms with E-state index in [1.807, 2.05) is 12.1 Å². The molecule has 3 heterocycles. The number of fused-ring (bicyclic) bond motifs is 2. The molecule has 0 bridgehead atoms. The number of aryl methyl sites for hydroxylation is 1. The second-order valence-corrected chi connectivity index (χ2v) is 7.60. The number of oxazole rings is 1. The van der Waals surface area contributed by atoms with Crippen LogP contribution in [0.15, 0.2) is 39.7 Å². The Morgan fingerprint density at radius 3 is 3.00 bits per heavy atom. The van der Waals surface area contributed by atoms with Crippen molar-refractivity contribution < 1.29 is 4.42 Å². The topological polar surface area (TPSA) is 91.7 Å². The molecule has 0 saturated carbocycles. The van der Waals surface area contributed by atoms with Gasteiger partial charge < -0.3 is 25.7 Å². The Bertz CT molecular complexity index is 1090. The highest BCUT2D eigenvalue weighted by molar-refractivity contribution is 5.95. The third-order valence-corrected chi connectivity index (χ3v) is 5.48. The van der Waals surface area contributed by atoms with Crippen LogP contribution in [-0.4, -0.2) is 47.9 Å². The monoisotopic (exact) mass is 376 g/mol. The summed E-state index contributed by atoms with van der Waals surface area (Å²) in [6.45, 7) is 8.02. The normalized spacial score (nSPS) is 19.3.